The van der Waals surface area contributed by atoms with Gasteiger partial charge in [-0.05, 0) is 24.6 Å². The zero-order valence-electron chi connectivity index (χ0n) is 11.8. The zero-order chi connectivity index (χ0) is 15.0. The van der Waals surface area contributed by atoms with Gasteiger partial charge in [-0.25, -0.2) is 0 Å². The minimum absolute atomic E-state index is 0.0464. The molecule has 0 heterocycles. The van der Waals surface area contributed by atoms with Crippen molar-refractivity contribution in [3.8, 4) is 0 Å². The summed E-state index contributed by atoms with van der Waals surface area (Å²) in [4.78, 5) is 23.4. The topological polar surface area (TPSA) is 93.5 Å². The fourth-order valence-electron chi connectivity index (χ4n) is 1.66. The van der Waals surface area contributed by atoms with Gasteiger partial charge in [0.25, 0.3) is 0 Å². The van der Waals surface area contributed by atoms with Crippen molar-refractivity contribution in [2.45, 2.75) is 12.8 Å². The zero-order valence-corrected chi connectivity index (χ0v) is 11.8. The van der Waals surface area contributed by atoms with Crippen LogP contribution in [0.15, 0.2) is 24.3 Å². The largest absolute Gasteiger partial charge is 0.399 e. The summed E-state index contributed by atoms with van der Waals surface area (Å²) in [6.45, 7) is 2.59. The van der Waals surface area contributed by atoms with Gasteiger partial charge in [-0.3, -0.25) is 9.59 Å². The number of hydrogen-bond donors (Lipinski definition) is 3. The van der Waals surface area contributed by atoms with Gasteiger partial charge in [-0.2, -0.15) is 0 Å². The number of carbonyl (C=O) groups excluding carboxylic acids is 2. The third-order valence-corrected chi connectivity index (χ3v) is 2.86. The lowest BCUT2D eigenvalue weighted by Gasteiger charge is -2.13. The predicted octanol–water partition coefficient (Wildman–Crippen LogP) is 0.251. The molecule has 1 aromatic carbocycles. The molecule has 0 bridgehead atoms. The average molecular weight is 279 g/mol. The molecule has 2 amide bonds. The minimum atomic E-state index is -0.356. The van der Waals surface area contributed by atoms with E-state index in [2.05, 4.69) is 10.6 Å². The van der Waals surface area contributed by atoms with Crippen LogP contribution in [0.2, 0.25) is 0 Å². The lowest BCUT2D eigenvalue weighted by molar-refractivity contribution is -0.126. The van der Waals surface area contributed by atoms with Gasteiger partial charge in [0, 0.05) is 19.3 Å². The van der Waals surface area contributed by atoms with Gasteiger partial charge in [-0.1, -0.05) is 12.1 Å². The molecule has 6 heteroatoms. The first-order valence-electron chi connectivity index (χ1n) is 6.43. The number of nitrogens with one attached hydrogen (secondary N) is 2. The van der Waals surface area contributed by atoms with Crippen molar-refractivity contribution in [2.75, 3.05) is 32.5 Å². The smallest absolute Gasteiger partial charge is 0.239 e. The summed E-state index contributed by atoms with van der Waals surface area (Å²) in [6.07, 6.45) is 0. The number of amides is 2. The van der Waals surface area contributed by atoms with Gasteiger partial charge in [0.1, 0.15) is 0 Å². The molecule has 0 aromatic heterocycles. The van der Waals surface area contributed by atoms with Gasteiger partial charge in [-0.15, -0.1) is 0 Å². The van der Waals surface area contributed by atoms with Gasteiger partial charge in [0.05, 0.1) is 19.1 Å². The SMILES string of the molecule is COCCNC(=O)CNC(=O)C(C)c1cccc(N)c1. The molecule has 4 N–H and O–H groups in total. The Labute approximate surface area is 118 Å². The molecular weight excluding hydrogens is 258 g/mol. The molecule has 1 unspecified atom stereocenters. The first kappa shape index (κ1) is 16.0. The molecule has 0 saturated heterocycles. The van der Waals surface area contributed by atoms with E-state index in [1.54, 1.807) is 32.2 Å². The number of hydrogen-bond acceptors (Lipinski definition) is 4. The van der Waals surface area contributed by atoms with Crippen LogP contribution in [0.4, 0.5) is 5.69 Å². The average Bonchev–Trinajstić information content (AvgIpc) is 2.44. The van der Waals surface area contributed by atoms with Gasteiger partial charge >= 0.3 is 0 Å². The first-order chi connectivity index (χ1) is 9.54. The van der Waals surface area contributed by atoms with Crippen molar-refractivity contribution in [1.82, 2.24) is 10.6 Å². The van der Waals surface area contributed by atoms with Gasteiger partial charge < -0.3 is 21.1 Å². The molecule has 0 aliphatic rings. The third kappa shape index (κ3) is 5.27. The van der Waals surface area contributed by atoms with E-state index < -0.39 is 0 Å². The predicted molar refractivity (Wildman–Crippen MR) is 77.2 cm³/mol. The Balaban J connectivity index is 2.40. The quantitative estimate of drug-likeness (QED) is 0.493. The maximum absolute atomic E-state index is 11.9. The Hall–Kier alpha value is -2.08. The summed E-state index contributed by atoms with van der Waals surface area (Å²) >= 11 is 0. The molecule has 1 atom stereocenters. The Bertz CT molecular complexity index is 463. The van der Waals surface area contributed by atoms with E-state index in [1.807, 2.05) is 6.07 Å². The van der Waals surface area contributed by atoms with Crippen molar-refractivity contribution in [3.63, 3.8) is 0 Å². The molecule has 0 radical (unpaired) electrons. The number of carbonyl (C=O) groups is 2. The fourth-order valence-corrected chi connectivity index (χ4v) is 1.66. The molecule has 6 nitrogen and oxygen atoms in total. The van der Waals surface area contributed by atoms with Gasteiger partial charge in [0.15, 0.2) is 0 Å². The van der Waals surface area contributed by atoms with E-state index in [0.717, 1.165) is 5.56 Å². The molecule has 1 rings (SSSR count). The molecule has 0 spiro atoms. The fraction of sp³-hybridized carbons (Fsp3) is 0.429. The van der Waals surface area contributed by atoms with Crippen molar-refractivity contribution < 1.29 is 14.3 Å². The first-order valence-corrected chi connectivity index (χ1v) is 6.43. The summed E-state index contributed by atoms with van der Waals surface area (Å²) in [5, 5.41) is 5.22. The second-order valence-corrected chi connectivity index (χ2v) is 4.45. The van der Waals surface area contributed by atoms with Crippen LogP contribution < -0.4 is 16.4 Å². The van der Waals surface area contributed by atoms with Crippen LogP contribution in [0, 0.1) is 0 Å². The molecule has 0 fully saturated rings. The second kappa shape index (κ2) is 8.16. The lowest BCUT2D eigenvalue weighted by Crippen LogP contribution is -2.39. The van der Waals surface area contributed by atoms with E-state index in [9.17, 15) is 9.59 Å². The summed E-state index contributed by atoms with van der Waals surface area (Å²) in [7, 11) is 1.56. The number of rotatable bonds is 7. The number of anilines is 1. The maximum atomic E-state index is 11.9. The number of nitrogen functional groups attached to an aromatic ring is 1. The summed E-state index contributed by atoms with van der Waals surface area (Å²) in [5.74, 6) is -0.807. The highest BCUT2D eigenvalue weighted by molar-refractivity contribution is 5.88. The highest BCUT2D eigenvalue weighted by Gasteiger charge is 2.15. The number of nitrogens with two attached hydrogens (primary N) is 1. The number of benzene rings is 1. The maximum Gasteiger partial charge on any atom is 0.239 e. The monoisotopic (exact) mass is 279 g/mol. The van der Waals surface area contributed by atoms with E-state index in [-0.39, 0.29) is 24.3 Å². The van der Waals surface area contributed by atoms with E-state index in [0.29, 0.717) is 18.8 Å². The third-order valence-electron chi connectivity index (χ3n) is 2.86. The minimum Gasteiger partial charge on any atom is -0.399 e. The van der Waals surface area contributed by atoms with Crippen molar-refractivity contribution in [2.24, 2.45) is 0 Å². The molecular formula is C14H21N3O3. The highest BCUT2D eigenvalue weighted by atomic mass is 16.5. The Morgan fingerprint density at radius 2 is 2.10 bits per heavy atom. The molecule has 20 heavy (non-hydrogen) atoms. The normalized spacial score (nSPS) is 11.7. The lowest BCUT2D eigenvalue weighted by atomic mass is 10.00. The number of methoxy groups -OCH3 is 1. The van der Waals surface area contributed by atoms with E-state index in [1.165, 1.54) is 0 Å². The van der Waals surface area contributed by atoms with Crippen LogP contribution in [0.3, 0.4) is 0 Å². The Morgan fingerprint density at radius 3 is 2.75 bits per heavy atom. The molecule has 110 valence electrons. The van der Waals surface area contributed by atoms with Crippen LogP contribution >= 0.6 is 0 Å². The summed E-state index contributed by atoms with van der Waals surface area (Å²) in [5.41, 5.74) is 7.11. The van der Waals surface area contributed by atoms with Crippen molar-refractivity contribution in [3.05, 3.63) is 29.8 Å². The summed E-state index contributed by atoms with van der Waals surface area (Å²) < 4.78 is 4.81. The standard InChI is InChI=1S/C14H21N3O3/c1-10(11-4-3-5-12(15)8-11)14(19)17-9-13(18)16-6-7-20-2/h3-5,8,10H,6-7,9,15H2,1-2H3,(H,16,18)(H,17,19). The summed E-state index contributed by atoms with van der Waals surface area (Å²) in [6, 6.07) is 7.14. The Kier molecular flexibility index (Phi) is 6.52. The molecule has 1 aromatic rings. The van der Waals surface area contributed by atoms with Crippen LogP contribution in [0.1, 0.15) is 18.4 Å². The molecule has 0 aliphatic heterocycles. The van der Waals surface area contributed by atoms with E-state index >= 15 is 0 Å². The van der Waals surface area contributed by atoms with Gasteiger partial charge in [0.2, 0.25) is 11.8 Å². The molecule has 0 aliphatic carbocycles. The van der Waals surface area contributed by atoms with Crippen molar-refractivity contribution >= 4 is 17.5 Å². The number of ether oxygens (including phenoxy) is 1. The van der Waals surface area contributed by atoms with Crippen LogP contribution in [0.25, 0.3) is 0 Å². The highest BCUT2D eigenvalue weighted by Crippen LogP contribution is 2.17. The molecule has 0 saturated carbocycles. The van der Waals surface area contributed by atoms with Crippen molar-refractivity contribution in [1.29, 1.82) is 0 Å². The Morgan fingerprint density at radius 1 is 1.35 bits per heavy atom. The second-order valence-electron chi connectivity index (χ2n) is 4.45. The van der Waals surface area contributed by atoms with Crippen LogP contribution in [-0.4, -0.2) is 38.6 Å². The van der Waals surface area contributed by atoms with Crippen LogP contribution in [0.5, 0.6) is 0 Å². The van der Waals surface area contributed by atoms with Crippen LogP contribution in [-0.2, 0) is 14.3 Å². The van der Waals surface area contributed by atoms with E-state index in [4.69, 9.17) is 10.5 Å².